The number of carbonyl (C=O) groups excluding carboxylic acids is 2. The third kappa shape index (κ3) is 6.62. The molecular weight excluding hydrogens is 811 g/mol. The normalized spacial score (nSPS) is 45.0. The number of phenolic OH excluding ortho intramolecular Hbond substituents is 1. The Hall–Kier alpha value is -1.64. The van der Waals surface area contributed by atoms with E-state index in [1.165, 1.54) is 0 Å². The van der Waals surface area contributed by atoms with Gasteiger partial charge in [0.2, 0.25) is 5.91 Å². The van der Waals surface area contributed by atoms with Crippen molar-refractivity contribution < 1.29 is 45.0 Å². The van der Waals surface area contributed by atoms with Gasteiger partial charge in [-0.05, 0) is 155 Å². The summed E-state index contributed by atoms with van der Waals surface area (Å²) < 4.78 is 6.36. The highest BCUT2D eigenvalue weighted by atomic mass is 33.1. The van der Waals surface area contributed by atoms with Crippen molar-refractivity contribution >= 4 is 39.0 Å². The molecule has 3 spiro atoms. The van der Waals surface area contributed by atoms with Crippen LogP contribution in [0.1, 0.15) is 130 Å². The van der Waals surface area contributed by atoms with E-state index in [9.17, 15) is 30.6 Å². The van der Waals surface area contributed by atoms with Gasteiger partial charge in [0.15, 0.2) is 5.78 Å². The SMILES string of the molecule is CC(C)[C@@H](C)[C@@H]1O[C@H]1[C@](C)(O)[C@H]1CC[C@@]2(O)C3=CC(=O)[C@@]45CSS[C@H](CCCO)[C@H]6CCCC[C@]67CCN(C7=O)c6cc(O)cc(c6)CC[C@@]12CC[C@@H]3[C@@]4(C)C[C@H](O)[C@H](O)C5. The minimum absolute atomic E-state index is 0.0486. The Labute approximate surface area is 370 Å². The van der Waals surface area contributed by atoms with Crippen LogP contribution in [0.3, 0.4) is 0 Å². The number of aromatic hydroxyl groups is 1. The summed E-state index contributed by atoms with van der Waals surface area (Å²) in [5, 5.41) is 70.9. The Morgan fingerprint density at radius 3 is 2.51 bits per heavy atom. The second-order valence-corrected chi connectivity index (χ2v) is 24.5. The maximum absolute atomic E-state index is 15.3. The van der Waals surface area contributed by atoms with E-state index in [0.29, 0.717) is 75.3 Å². The van der Waals surface area contributed by atoms with Crippen LogP contribution in [0.25, 0.3) is 0 Å². The Balaban J connectivity index is 1.19. The van der Waals surface area contributed by atoms with Crippen molar-refractivity contribution in [3.63, 3.8) is 0 Å². The first kappa shape index (κ1) is 44.6. The number of amides is 1. The van der Waals surface area contributed by atoms with Gasteiger partial charge in [-0.25, -0.2) is 0 Å². The Morgan fingerprint density at radius 2 is 1.75 bits per heavy atom. The van der Waals surface area contributed by atoms with Crippen LogP contribution < -0.4 is 4.90 Å². The van der Waals surface area contributed by atoms with Crippen molar-refractivity contribution in [3.8, 4) is 5.75 Å². The number of hydrogen-bond acceptors (Lipinski definition) is 11. The van der Waals surface area contributed by atoms with Gasteiger partial charge >= 0.3 is 0 Å². The Morgan fingerprint density at radius 1 is 0.984 bits per heavy atom. The van der Waals surface area contributed by atoms with Gasteiger partial charge in [0.05, 0.1) is 40.3 Å². The van der Waals surface area contributed by atoms with Crippen molar-refractivity contribution in [1.29, 1.82) is 0 Å². The van der Waals surface area contributed by atoms with Crippen LogP contribution in [0.15, 0.2) is 29.8 Å². The summed E-state index contributed by atoms with van der Waals surface area (Å²) in [5.74, 6) is 0.614. The van der Waals surface area contributed by atoms with Crippen molar-refractivity contribution in [2.75, 3.05) is 23.8 Å². The van der Waals surface area contributed by atoms with Crippen molar-refractivity contribution in [1.82, 2.24) is 0 Å². The number of epoxide rings is 1. The van der Waals surface area contributed by atoms with E-state index in [-0.39, 0.29) is 78.0 Å². The zero-order valence-electron chi connectivity index (χ0n) is 37.0. The molecule has 338 valence electrons. The molecule has 5 aliphatic heterocycles. The second-order valence-electron chi connectivity index (χ2n) is 21.9. The van der Waals surface area contributed by atoms with Gasteiger partial charge in [-0.3, -0.25) is 9.59 Å². The molecule has 12 heteroatoms. The average Bonchev–Trinajstić information content (AvgIpc) is 3.88. The molecule has 61 heavy (non-hydrogen) atoms. The fraction of sp³-hybridized carbons (Fsp3) is 0.796. The Bertz CT molecular complexity index is 1920. The molecule has 11 rings (SSSR count). The number of anilines is 1. The number of ether oxygens (including phenoxy) is 1. The summed E-state index contributed by atoms with van der Waals surface area (Å²) in [7, 11) is 3.39. The molecule has 10 aliphatic rings. The number of aliphatic hydroxyl groups is 5. The number of carbonyl (C=O) groups is 2. The number of rotatable bonds is 7. The molecule has 5 aliphatic carbocycles. The van der Waals surface area contributed by atoms with E-state index in [2.05, 4.69) is 27.7 Å². The maximum Gasteiger partial charge on any atom is 0.233 e. The van der Waals surface area contributed by atoms with Crippen LogP contribution in [0.5, 0.6) is 5.75 Å². The monoisotopic (exact) mass is 881 g/mol. The number of benzene rings is 1. The van der Waals surface area contributed by atoms with Crippen LogP contribution >= 0.6 is 21.6 Å². The van der Waals surface area contributed by atoms with Gasteiger partial charge in [0.1, 0.15) is 11.9 Å². The van der Waals surface area contributed by atoms with Gasteiger partial charge in [-0.1, -0.05) is 62.1 Å². The number of nitrogens with zero attached hydrogens (tertiary/aromatic N) is 1. The van der Waals surface area contributed by atoms with Crippen LogP contribution in [0.2, 0.25) is 0 Å². The van der Waals surface area contributed by atoms with Crippen molar-refractivity contribution in [2.45, 2.75) is 172 Å². The molecule has 0 aromatic heterocycles. The van der Waals surface area contributed by atoms with Crippen molar-refractivity contribution in [2.24, 2.45) is 51.2 Å². The number of aryl methyl sites for hydroxylation is 1. The zero-order valence-corrected chi connectivity index (χ0v) is 38.6. The van der Waals surface area contributed by atoms with E-state index in [4.69, 9.17) is 4.74 Å². The molecule has 15 atom stereocenters. The third-order valence-electron chi connectivity index (χ3n) is 18.9. The first-order chi connectivity index (χ1) is 28.9. The predicted octanol–water partition coefficient (Wildman–Crippen LogP) is 7.14. The summed E-state index contributed by atoms with van der Waals surface area (Å²) in [5.41, 5.74) is -3.60. The van der Waals surface area contributed by atoms with Crippen LogP contribution in [-0.2, 0) is 20.7 Å². The molecular formula is C49H71NO9S2. The molecule has 6 N–H and O–H groups in total. The highest BCUT2D eigenvalue weighted by Crippen LogP contribution is 2.73. The molecule has 1 amide bonds. The van der Waals surface area contributed by atoms with E-state index in [1.807, 2.05) is 17.9 Å². The molecule has 2 saturated heterocycles. The highest BCUT2D eigenvalue weighted by Gasteiger charge is 2.74. The number of aliphatic hydroxyl groups excluding tert-OH is 3. The van der Waals surface area contributed by atoms with Gasteiger partial charge in [0, 0.05) is 41.3 Å². The lowest BCUT2D eigenvalue weighted by Gasteiger charge is -2.65. The standard InChI is InChI=1S/C49H71NO9S2/c1-28(2)29(3)41-42(59-41)45(5,57)39-13-17-49(58)35-24-40(55)48-26-37(54)36(53)25-44(48,4)33(35)12-16-47(39,49)15-11-30-21-31(23-32(52)22-30)50-19-18-46(43(50)56)14-7-6-9-34(46)38(10-8-20-51)61-60-27-48/h21-24,28-29,33-34,36-39,41-42,51-54,57-58H,6-20,25-27H2,1-5H3/t29-,33+,34-,36+,37-,38-,39-,41+,42-,44-,45-,46+,47-,48-,49-/m1/s1. The summed E-state index contributed by atoms with van der Waals surface area (Å²) in [6.07, 6.45) is 8.47. The summed E-state index contributed by atoms with van der Waals surface area (Å²) in [4.78, 5) is 32.2. The Kier molecular flexibility index (Phi) is 11.5. The van der Waals surface area contributed by atoms with Crippen LogP contribution in [0.4, 0.5) is 5.69 Å². The lowest BCUT2D eigenvalue weighted by atomic mass is 9.41. The quantitative estimate of drug-likeness (QED) is 0.122. The minimum atomic E-state index is -1.43. The largest absolute Gasteiger partial charge is 0.508 e. The summed E-state index contributed by atoms with van der Waals surface area (Å²) in [6.45, 7) is 11.2. The van der Waals surface area contributed by atoms with Crippen LogP contribution in [-0.4, -0.2) is 102 Å². The van der Waals surface area contributed by atoms with E-state index in [0.717, 1.165) is 43.2 Å². The van der Waals surface area contributed by atoms with Gasteiger partial charge in [0.25, 0.3) is 0 Å². The number of allylic oxidation sites excluding steroid dienone is 1. The van der Waals surface area contributed by atoms with E-state index < -0.39 is 45.1 Å². The zero-order chi connectivity index (χ0) is 43.5. The molecule has 6 fully saturated rings. The fourth-order valence-corrected chi connectivity index (χ4v) is 19.0. The topological polar surface area (TPSA) is 171 Å². The molecule has 10 nitrogen and oxygen atoms in total. The molecule has 0 unspecified atom stereocenters. The second kappa shape index (κ2) is 15.8. The first-order valence-electron chi connectivity index (χ1n) is 23.7. The lowest BCUT2D eigenvalue weighted by Crippen LogP contribution is -2.67. The number of fused-ring (bicyclic) bond motifs is 2. The average molecular weight is 882 g/mol. The van der Waals surface area contributed by atoms with Crippen molar-refractivity contribution in [3.05, 3.63) is 35.4 Å². The molecule has 5 heterocycles. The van der Waals surface area contributed by atoms with E-state index in [1.54, 1.807) is 39.8 Å². The number of phenols is 1. The minimum Gasteiger partial charge on any atom is -0.508 e. The van der Waals surface area contributed by atoms with Gasteiger partial charge < -0.3 is 40.3 Å². The van der Waals surface area contributed by atoms with Gasteiger partial charge in [-0.15, -0.1) is 0 Å². The lowest BCUT2D eigenvalue weighted by molar-refractivity contribution is -0.183. The molecule has 1 aromatic rings. The first-order valence-corrected chi connectivity index (χ1v) is 26.0. The highest BCUT2D eigenvalue weighted by molar-refractivity contribution is 8.77. The summed E-state index contributed by atoms with van der Waals surface area (Å²) in [6, 6.07) is 5.52. The molecule has 4 saturated carbocycles. The summed E-state index contributed by atoms with van der Waals surface area (Å²) >= 11 is 0. The maximum atomic E-state index is 15.3. The number of hydrogen-bond donors (Lipinski definition) is 6. The molecule has 8 bridgehead atoms. The smallest absolute Gasteiger partial charge is 0.233 e. The predicted molar refractivity (Wildman–Crippen MR) is 239 cm³/mol. The third-order valence-corrected chi connectivity index (χ3v) is 22.0. The van der Waals surface area contributed by atoms with Crippen LogP contribution in [0, 0.1) is 51.2 Å². The molecule has 1 aromatic carbocycles. The number of ketones is 1. The fourth-order valence-electron chi connectivity index (χ4n) is 15.1. The van der Waals surface area contributed by atoms with E-state index >= 15 is 9.59 Å². The van der Waals surface area contributed by atoms with Gasteiger partial charge in [-0.2, -0.15) is 0 Å². The molecule has 0 radical (unpaired) electrons.